The van der Waals surface area contributed by atoms with E-state index in [4.69, 9.17) is 0 Å². The van der Waals surface area contributed by atoms with Crippen molar-refractivity contribution in [2.24, 2.45) is 0 Å². The topological polar surface area (TPSA) is 67.4 Å². The number of ether oxygens (including phenoxy) is 1. The third kappa shape index (κ3) is 3.71. The Labute approximate surface area is 112 Å². The van der Waals surface area contributed by atoms with Crippen LogP contribution in [-0.4, -0.2) is 25.2 Å². The molecule has 1 aromatic rings. The van der Waals surface area contributed by atoms with Crippen molar-refractivity contribution in [3.63, 3.8) is 0 Å². The summed E-state index contributed by atoms with van der Waals surface area (Å²) in [5.74, 6) is -0.387. The van der Waals surface area contributed by atoms with E-state index in [-0.39, 0.29) is 18.0 Å². The molecule has 0 radical (unpaired) electrons. The van der Waals surface area contributed by atoms with Gasteiger partial charge in [0.2, 0.25) is 0 Å². The number of amides is 2. The van der Waals surface area contributed by atoms with Crippen LogP contribution in [0.4, 0.5) is 10.5 Å². The molecule has 1 saturated carbocycles. The summed E-state index contributed by atoms with van der Waals surface area (Å²) in [5, 5.41) is 5.69. The number of nitrogens with one attached hydrogen (secondary N) is 2. The molecular weight excluding hydrogens is 244 g/mol. The molecular formula is C14H18N2O3. The standard InChI is InChI=1S/C14H18N2O3/c1-19-13(17)10-6-8-12(9-7-10)16-14(18)15-11-4-2-3-5-11/h6-9,11H,2-5H2,1H3,(H2,15,16,18). The molecule has 5 nitrogen and oxygen atoms in total. The van der Waals surface area contributed by atoms with E-state index >= 15 is 0 Å². The van der Waals surface area contributed by atoms with Gasteiger partial charge < -0.3 is 15.4 Å². The van der Waals surface area contributed by atoms with Crippen LogP contribution in [0.3, 0.4) is 0 Å². The minimum Gasteiger partial charge on any atom is -0.465 e. The molecule has 0 spiro atoms. The third-order valence-electron chi connectivity index (χ3n) is 3.25. The Morgan fingerprint density at radius 2 is 1.79 bits per heavy atom. The summed E-state index contributed by atoms with van der Waals surface area (Å²) < 4.78 is 4.61. The highest BCUT2D eigenvalue weighted by atomic mass is 16.5. The van der Waals surface area contributed by atoms with Crippen LogP contribution < -0.4 is 10.6 Å². The zero-order chi connectivity index (χ0) is 13.7. The summed E-state index contributed by atoms with van der Waals surface area (Å²) in [6, 6.07) is 6.70. The number of carbonyl (C=O) groups excluding carboxylic acids is 2. The van der Waals surface area contributed by atoms with Crippen molar-refractivity contribution in [3.05, 3.63) is 29.8 Å². The lowest BCUT2D eigenvalue weighted by Crippen LogP contribution is -2.36. The Morgan fingerprint density at radius 1 is 1.16 bits per heavy atom. The molecule has 0 heterocycles. The van der Waals surface area contributed by atoms with Gasteiger partial charge in [0.15, 0.2) is 0 Å². The van der Waals surface area contributed by atoms with E-state index in [1.54, 1.807) is 24.3 Å². The number of anilines is 1. The van der Waals surface area contributed by atoms with Crippen LogP contribution in [0.25, 0.3) is 0 Å². The largest absolute Gasteiger partial charge is 0.465 e. The number of benzene rings is 1. The van der Waals surface area contributed by atoms with Crippen molar-refractivity contribution in [2.75, 3.05) is 12.4 Å². The number of carbonyl (C=O) groups is 2. The predicted molar refractivity (Wildman–Crippen MR) is 72.2 cm³/mol. The second-order valence-corrected chi connectivity index (χ2v) is 4.65. The molecule has 0 aliphatic heterocycles. The molecule has 5 heteroatoms. The maximum absolute atomic E-state index is 11.7. The molecule has 2 amide bonds. The summed E-state index contributed by atoms with van der Waals surface area (Å²) >= 11 is 0. The van der Waals surface area contributed by atoms with E-state index in [1.165, 1.54) is 20.0 Å². The number of urea groups is 1. The van der Waals surface area contributed by atoms with Crippen LogP contribution in [0.1, 0.15) is 36.0 Å². The van der Waals surface area contributed by atoms with Gasteiger partial charge in [0, 0.05) is 11.7 Å². The lowest BCUT2D eigenvalue weighted by molar-refractivity contribution is 0.0601. The van der Waals surface area contributed by atoms with E-state index in [2.05, 4.69) is 15.4 Å². The second-order valence-electron chi connectivity index (χ2n) is 4.65. The van der Waals surface area contributed by atoms with Crippen molar-refractivity contribution < 1.29 is 14.3 Å². The SMILES string of the molecule is COC(=O)c1ccc(NC(=O)NC2CCCC2)cc1. The first-order valence-electron chi connectivity index (χ1n) is 6.45. The highest BCUT2D eigenvalue weighted by Crippen LogP contribution is 2.18. The summed E-state index contributed by atoms with van der Waals surface area (Å²) in [6.07, 6.45) is 4.46. The van der Waals surface area contributed by atoms with Gasteiger partial charge in [-0.1, -0.05) is 12.8 Å². The van der Waals surface area contributed by atoms with Crippen molar-refractivity contribution in [3.8, 4) is 0 Å². The Hall–Kier alpha value is -2.04. The van der Waals surface area contributed by atoms with Crippen LogP contribution in [0.2, 0.25) is 0 Å². The lowest BCUT2D eigenvalue weighted by atomic mass is 10.2. The number of esters is 1. The Kier molecular flexibility index (Phi) is 4.39. The third-order valence-corrected chi connectivity index (χ3v) is 3.25. The molecule has 0 aromatic heterocycles. The van der Waals surface area contributed by atoms with Crippen LogP contribution in [0.5, 0.6) is 0 Å². The molecule has 1 fully saturated rings. The molecule has 0 saturated heterocycles. The highest BCUT2D eigenvalue weighted by molar-refractivity contribution is 5.92. The van der Waals surface area contributed by atoms with Crippen molar-refractivity contribution in [1.29, 1.82) is 0 Å². The first kappa shape index (κ1) is 13.4. The van der Waals surface area contributed by atoms with Gasteiger partial charge in [-0.3, -0.25) is 0 Å². The Morgan fingerprint density at radius 3 is 2.37 bits per heavy atom. The fourth-order valence-corrected chi connectivity index (χ4v) is 2.23. The monoisotopic (exact) mass is 262 g/mol. The fourth-order valence-electron chi connectivity index (χ4n) is 2.23. The molecule has 2 rings (SSSR count). The minimum absolute atomic E-state index is 0.197. The van der Waals surface area contributed by atoms with E-state index < -0.39 is 0 Å². The molecule has 19 heavy (non-hydrogen) atoms. The second kappa shape index (κ2) is 6.22. The number of methoxy groups -OCH3 is 1. The molecule has 1 aromatic carbocycles. The van der Waals surface area contributed by atoms with Gasteiger partial charge in [0.05, 0.1) is 12.7 Å². The van der Waals surface area contributed by atoms with Crippen LogP contribution in [0, 0.1) is 0 Å². The molecule has 1 aliphatic rings. The van der Waals surface area contributed by atoms with E-state index in [1.807, 2.05) is 0 Å². The van der Waals surface area contributed by atoms with E-state index in [9.17, 15) is 9.59 Å². The van der Waals surface area contributed by atoms with E-state index in [0.717, 1.165) is 12.8 Å². The maximum atomic E-state index is 11.7. The van der Waals surface area contributed by atoms with E-state index in [0.29, 0.717) is 11.3 Å². The van der Waals surface area contributed by atoms with Gasteiger partial charge in [-0.25, -0.2) is 9.59 Å². The molecule has 0 unspecified atom stereocenters. The quantitative estimate of drug-likeness (QED) is 0.822. The van der Waals surface area contributed by atoms with Crippen molar-refractivity contribution >= 4 is 17.7 Å². The van der Waals surface area contributed by atoms with Gasteiger partial charge in [0.25, 0.3) is 0 Å². The first-order chi connectivity index (χ1) is 9.19. The Balaban J connectivity index is 1.88. The van der Waals surface area contributed by atoms with Crippen molar-refractivity contribution in [2.45, 2.75) is 31.7 Å². The van der Waals surface area contributed by atoms with Crippen LogP contribution in [0.15, 0.2) is 24.3 Å². The summed E-state index contributed by atoms with van der Waals surface area (Å²) in [5.41, 5.74) is 1.12. The van der Waals surface area contributed by atoms with Crippen molar-refractivity contribution in [1.82, 2.24) is 5.32 Å². The zero-order valence-corrected chi connectivity index (χ0v) is 10.9. The van der Waals surface area contributed by atoms with Gasteiger partial charge in [-0.2, -0.15) is 0 Å². The molecule has 2 N–H and O–H groups in total. The maximum Gasteiger partial charge on any atom is 0.337 e. The Bertz CT molecular complexity index is 450. The average molecular weight is 262 g/mol. The summed E-state index contributed by atoms with van der Waals surface area (Å²) in [7, 11) is 1.34. The number of rotatable bonds is 3. The van der Waals surface area contributed by atoms with Crippen LogP contribution >= 0.6 is 0 Å². The number of hydrogen-bond donors (Lipinski definition) is 2. The average Bonchev–Trinajstić information content (AvgIpc) is 2.91. The smallest absolute Gasteiger partial charge is 0.337 e. The predicted octanol–water partition coefficient (Wildman–Crippen LogP) is 2.54. The van der Waals surface area contributed by atoms with Crippen LogP contribution in [-0.2, 0) is 4.74 Å². The zero-order valence-electron chi connectivity index (χ0n) is 10.9. The molecule has 0 bridgehead atoms. The summed E-state index contributed by atoms with van der Waals surface area (Å²) in [6.45, 7) is 0. The van der Waals surface area contributed by atoms with Gasteiger partial charge in [-0.15, -0.1) is 0 Å². The first-order valence-corrected chi connectivity index (χ1v) is 6.45. The molecule has 102 valence electrons. The van der Waals surface area contributed by atoms with Gasteiger partial charge in [-0.05, 0) is 37.1 Å². The van der Waals surface area contributed by atoms with Gasteiger partial charge >= 0.3 is 12.0 Å². The van der Waals surface area contributed by atoms with Gasteiger partial charge in [0.1, 0.15) is 0 Å². The number of hydrogen-bond acceptors (Lipinski definition) is 3. The lowest BCUT2D eigenvalue weighted by Gasteiger charge is -2.13. The minimum atomic E-state index is -0.387. The molecule has 0 atom stereocenters. The molecule has 1 aliphatic carbocycles. The highest BCUT2D eigenvalue weighted by Gasteiger charge is 2.16. The summed E-state index contributed by atoms with van der Waals surface area (Å²) in [4.78, 5) is 23.0. The fraction of sp³-hybridized carbons (Fsp3) is 0.429. The normalized spacial score (nSPS) is 15.0.